The maximum atomic E-state index is 11.5. The van der Waals surface area contributed by atoms with Crippen molar-refractivity contribution in [1.82, 2.24) is 5.32 Å². The van der Waals surface area contributed by atoms with Crippen LogP contribution in [0.3, 0.4) is 0 Å². The van der Waals surface area contributed by atoms with Crippen LogP contribution in [0.2, 0.25) is 0 Å². The van der Waals surface area contributed by atoms with Gasteiger partial charge in [-0.05, 0) is 19.8 Å². The third-order valence-electron chi connectivity index (χ3n) is 2.51. The molecule has 2 atom stereocenters. The van der Waals surface area contributed by atoms with Crippen LogP contribution in [0.4, 0.5) is 0 Å². The van der Waals surface area contributed by atoms with Gasteiger partial charge in [0.25, 0.3) is 0 Å². The van der Waals surface area contributed by atoms with Crippen molar-refractivity contribution in [1.29, 1.82) is 0 Å². The number of hydrogen-bond acceptors (Lipinski definition) is 2. The Kier molecular flexibility index (Phi) is 8.38. The van der Waals surface area contributed by atoms with Crippen molar-refractivity contribution in [3.63, 3.8) is 0 Å². The first-order valence-electron chi connectivity index (χ1n) is 6.15. The van der Waals surface area contributed by atoms with Crippen LogP contribution in [0.25, 0.3) is 0 Å². The summed E-state index contributed by atoms with van der Waals surface area (Å²) in [5.74, 6) is 0.0968. The molecule has 0 heterocycles. The highest BCUT2D eigenvalue weighted by Gasteiger charge is 2.10. The Hall–Kier alpha value is -0.570. The van der Waals surface area contributed by atoms with E-state index in [1.165, 1.54) is 12.8 Å². The summed E-state index contributed by atoms with van der Waals surface area (Å²) >= 11 is 0. The predicted molar refractivity (Wildman–Crippen MR) is 64.6 cm³/mol. The van der Waals surface area contributed by atoms with Crippen LogP contribution >= 0.6 is 0 Å². The zero-order chi connectivity index (χ0) is 11.7. The Morgan fingerprint density at radius 2 is 1.93 bits per heavy atom. The SMILES string of the molecule is CCCCC(C)NC(=O)CC(N)CCC. The van der Waals surface area contributed by atoms with Crippen LogP contribution in [-0.4, -0.2) is 18.0 Å². The summed E-state index contributed by atoms with van der Waals surface area (Å²) in [5.41, 5.74) is 5.80. The molecule has 0 aliphatic carbocycles. The van der Waals surface area contributed by atoms with Crippen LogP contribution in [0.15, 0.2) is 0 Å². The first-order chi connectivity index (χ1) is 7.10. The Labute approximate surface area is 93.8 Å². The number of carbonyl (C=O) groups is 1. The molecule has 3 nitrogen and oxygen atoms in total. The molecule has 90 valence electrons. The first kappa shape index (κ1) is 14.4. The van der Waals surface area contributed by atoms with Crippen LogP contribution in [-0.2, 0) is 4.79 Å². The zero-order valence-corrected chi connectivity index (χ0v) is 10.4. The largest absolute Gasteiger partial charge is 0.354 e. The summed E-state index contributed by atoms with van der Waals surface area (Å²) in [4.78, 5) is 11.5. The molecule has 3 heteroatoms. The van der Waals surface area contributed by atoms with Crippen molar-refractivity contribution >= 4 is 5.91 Å². The van der Waals surface area contributed by atoms with E-state index in [9.17, 15) is 4.79 Å². The fraction of sp³-hybridized carbons (Fsp3) is 0.917. The Balaban J connectivity index is 3.63. The van der Waals surface area contributed by atoms with E-state index in [4.69, 9.17) is 5.73 Å². The molecule has 0 aromatic carbocycles. The Morgan fingerprint density at radius 1 is 1.27 bits per heavy atom. The molecule has 0 aliphatic rings. The van der Waals surface area contributed by atoms with Crippen molar-refractivity contribution in [3.8, 4) is 0 Å². The highest BCUT2D eigenvalue weighted by Crippen LogP contribution is 2.02. The third-order valence-corrected chi connectivity index (χ3v) is 2.51. The highest BCUT2D eigenvalue weighted by molar-refractivity contribution is 5.76. The van der Waals surface area contributed by atoms with Gasteiger partial charge in [-0.15, -0.1) is 0 Å². The topological polar surface area (TPSA) is 55.1 Å². The van der Waals surface area contributed by atoms with Gasteiger partial charge in [0.2, 0.25) is 5.91 Å². The number of rotatable bonds is 8. The Bertz CT molecular complexity index is 171. The molecule has 0 spiro atoms. The van der Waals surface area contributed by atoms with Gasteiger partial charge >= 0.3 is 0 Å². The van der Waals surface area contributed by atoms with Gasteiger partial charge < -0.3 is 11.1 Å². The summed E-state index contributed by atoms with van der Waals surface area (Å²) in [6.07, 6.45) is 5.84. The van der Waals surface area contributed by atoms with Gasteiger partial charge in [0.15, 0.2) is 0 Å². The van der Waals surface area contributed by atoms with Gasteiger partial charge in [-0.25, -0.2) is 0 Å². The smallest absolute Gasteiger partial charge is 0.221 e. The quantitative estimate of drug-likeness (QED) is 0.651. The molecule has 0 bridgehead atoms. The molecule has 0 aromatic rings. The van der Waals surface area contributed by atoms with Crippen LogP contribution in [0, 0.1) is 0 Å². The van der Waals surface area contributed by atoms with Crippen molar-refractivity contribution in [2.75, 3.05) is 0 Å². The van der Waals surface area contributed by atoms with E-state index in [1.807, 2.05) is 0 Å². The summed E-state index contributed by atoms with van der Waals surface area (Å²) in [7, 11) is 0. The molecule has 3 N–H and O–H groups in total. The van der Waals surface area contributed by atoms with Crippen LogP contribution in [0.5, 0.6) is 0 Å². The van der Waals surface area contributed by atoms with Gasteiger partial charge in [-0.3, -0.25) is 4.79 Å². The molecule has 0 saturated heterocycles. The molecule has 1 amide bonds. The van der Waals surface area contributed by atoms with Gasteiger partial charge in [-0.2, -0.15) is 0 Å². The zero-order valence-electron chi connectivity index (χ0n) is 10.4. The van der Waals surface area contributed by atoms with E-state index >= 15 is 0 Å². The van der Waals surface area contributed by atoms with Crippen molar-refractivity contribution in [2.45, 2.75) is 71.4 Å². The molecular formula is C12H26N2O. The molecule has 0 aliphatic heterocycles. The lowest BCUT2D eigenvalue weighted by atomic mass is 10.1. The van der Waals surface area contributed by atoms with E-state index in [0.717, 1.165) is 19.3 Å². The fourth-order valence-corrected chi connectivity index (χ4v) is 1.63. The van der Waals surface area contributed by atoms with Crippen LogP contribution < -0.4 is 11.1 Å². The molecular weight excluding hydrogens is 188 g/mol. The van der Waals surface area contributed by atoms with E-state index in [0.29, 0.717) is 6.42 Å². The van der Waals surface area contributed by atoms with E-state index in [-0.39, 0.29) is 18.0 Å². The molecule has 0 fully saturated rings. The summed E-state index contributed by atoms with van der Waals surface area (Å²) in [5, 5.41) is 2.99. The van der Waals surface area contributed by atoms with Gasteiger partial charge in [0.1, 0.15) is 0 Å². The average Bonchev–Trinajstić information content (AvgIpc) is 2.14. The number of amides is 1. The monoisotopic (exact) mass is 214 g/mol. The summed E-state index contributed by atoms with van der Waals surface area (Å²) in [6.45, 7) is 6.30. The van der Waals surface area contributed by atoms with E-state index in [2.05, 4.69) is 26.1 Å². The molecule has 0 radical (unpaired) electrons. The number of nitrogens with one attached hydrogen (secondary N) is 1. The van der Waals surface area contributed by atoms with Crippen molar-refractivity contribution in [2.24, 2.45) is 5.73 Å². The lowest BCUT2D eigenvalue weighted by Crippen LogP contribution is -2.36. The third kappa shape index (κ3) is 8.43. The van der Waals surface area contributed by atoms with Crippen LogP contribution in [0.1, 0.15) is 59.3 Å². The minimum atomic E-state index is 0.0216. The maximum absolute atomic E-state index is 11.5. The van der Waals surface area contributed by atoms with Crippen molar-refractivity contribution < 1.29 is 4.79 Å². The maximum Gasteiger partial charge on any atom is 0.221 e. The highest BCUT2D eigenvalue weighted by atomic mass is 16.1. The minimum absolute atomic E-state index is 0.0216. The summed E-state index contributed by atoms with van der Waals surface area (Å²) < 4.78 is 0. The van der Waals surface area contributed by atoms with E-state index < -0.39 is 0 Å². The molecule has 0 rings (SSSR count). The number of hydrogen-bond donors (Lipinski definition) is 2. The Morgan fingerprint density at radius 3 is 2.47 bits per heavy atom. The number of carbonyl (C=O) groups excluding carboxylic acids is 1. The second-order valence-electron chi connectivity index (χ2n) is 4.36. The predicted octanol–water partition coefficient (Wildman–Crippen LogP) is 2.20. The standard InChI is InChI=1S/C12H26N2O/c1-4-6-8-10(3)14-12(15)9-11(13)7-5-2/h10-11H,4-9,13H2,1-3H3,(H,14,15). The molecule has 15 heavy (non-hydrogen) atoms. The number of nitrogens with two attached hydrogens (primary N) is 1. The van der Waals surface area contributed by atoms with Gasteiger partial charge in [0.05, 0.1) is 0 Å². The van der Waals surface area contributed by atoms with E-state index in [1.54, 1.807) is 0 Å². The average molecular weight is 214 g/mol. The molecule has 2 unspecified atom stereocenters. The molecule has 0 aromatic heterocycles. The van der Waals surface area contributed by atoms with Crippen molar-refractivity contribution in [3.05, 3.63) is 0 Å². The normalized spacial score (nSPS) is 14.7. The second-order valence-corrected chi connectivity index (χ2v) is 4.36. The fourth-order valence-electron chi connectivity index (χ4n) is 1.63. The minimum Gasteiger partial charge on any atom is -0.354 e. The van der Waals surface area contributed by atoms with Gasteiger partial charge in [0, 0.05) is 18.5 Å². The van der Waals surface area contributed by atoms with Gasteiger partial charge in [-0.1, -0.05) is 33.1 Å². The first-order valence-corrected chi connectivity index (χ1v) is 6.15. The lowest BCUT2D eigenvalue weighted by molar-refractivity contribution is -0.122. The lowest BCUT2D eigenvalue weighted by Gasteiger charge is -2.15. The summed E-state index contributed by atoms with van der Waals surface area (Å²) in [6, 6.07) is 0.305. The molecule has 0 saturated carbocycles. The second kappa shape index (κ2) is 8.72. The number of unbranched alkanes of at least 4 members (excludes halogenated alkanes) is 1.